The number of rotatable bonds is 8. The Balaban J connectivity index is 2.01. The van der Waals surface area contributed by atoms with Crippen molar-refractivity contribution >= 4 is 46.4 Å². The molecule has 0 heterocycles. The van der Waals surface area contributed by atoms with E-state index >= 15 is 0 Å². The predicted octanol–water partition coefficient (Wildman–Crippen LogP) is 4.00. The number of amides is 2. The number of carbonyl (C=O) groups excluding carboxylic acids is 2. The summed E-state index contributed by atoms with van der Waals surface area (Å²) < 4.78 is 0. The maximum absolute atomic E-state index is 12.4. The summed E-state index contributed by atoms with van der Waals surface area (Å²) in [6.07, 6.45) is 0. The lowest BCUT2D eigenvalue weighted by molar-refractivity contribution is -0.385. The Labute approximate surface area is 186 Å². The molecule has 31 heavy (non-hydrogen) atoms. The lowest BCUT2D eigenvalue weighted by Gasteiger charge is -2.25. The van der Waals surface area contributed by atoms with Crippen molar-refractivity contribution in [2.45, 2.75) is 13.8 Å². The molecule has 2 rings (SSSR count). The fraction of sp³-hybridized carbons (Fsp3) is 0.263. The van der Waals surface area contributed by atoms with E-state index in [-0.39, 0.29) is 45.6 Å². The summed E-state index contributed by atoms with van der Waals surface area (Å²) in [6.45, 7) is 3.73. The molecule has 2 N–H and O–H groups in total. The van der Waals surface area contributed by atoms with Crippen molar-refractivity contribution in [2.75, 3.05) is 13.1 Å². The second-order valence-electron chi connectivity index (χ2n) is 7.37. The second kappa shape index (κ2) is 9.71. The molecule has 0 fully saturated rings. The molecule has 0 aromatic heterocycles. The van der Waals surface area contributed by atoms with Crippen LogP contribution < -0.4 is 10.6 Å². The minimum atomic E-state index is -0.633. The second-order valence-corrected chi connectivity index (χ2v) is 8.19. The van der Waals surface area contributed by atoms with Crippen molar-refractivity contribution in [1.29, 1.82) is 0 Å². The van der Waals surface area contributed by atoms with Crippen LogP contribution >= 0.6 is 23.2 Å². The van der Waals surface area contributed by atoms with Crippen molar-refractivity contribution in [3.8, 4) is 0 Å². The zero-order valence-corrected chi connectivity index (χ0v) is 18.0. The standard InChI is InChI=1S/C19H18Cl2N4O6/c1-19(2,9-22-17(26)13-7-11(24(28)29)3-5-15(13)20)10-23-18(27)14-8-12(25(30)31)4-6-16(14)21/h3-8H,9-10H2,1-2H3,(H,22,26)(H,23,27). The number of nitro benzene ring substituents is 2. The van der Waals surface area contributed by atoms with Gasteiger partial charge in [-0.2, -0.15) is 0 Å². The number of nitrogens with one attached hydrogen (secondary N) is 2. The number of non-ortho nitro benzene ring substituents is 2. The molecule has 2 amide bonds. The molecule has 0 radical (unpaired) electrons. The Bertz CT molecular complexity index is 976. The number of hydrogen-bond donors (Lipinski definition) is 2. The first-order valence-electron chi connectivity index (χ1n) is 8.85. The molecule has 0 bridgehead atoms. The van der Waals surface area contributed by atoms with Gasteiger partial charge in [0.1, 0.15) is 0 Å². The fourth-order valence-corrected chi connectivity index (χ4v) is 2.90. The Morgan fingerprint density at radius 2 is 1.19 bits per heavy atom. The van der Waals surface area contributed by atoms with Crippen molar-refractivity contribution in [3.63, 3.8) is 0 Å². The Morgan fingerprint density at radius 3 is 1.52 bits per heavy atom. The van der Waals surface area contributed by atoms with Crippen LogP contribution in [0.3, 0.4) is 0 Å². The highest BCUT2D eigenvalue weighted by Gasteiger charge is 2.23. The zero-order chi connectivity index (χ0) is 23.3. The van der Waals surface area contributed by atoms with Gasteiger partial charge in [0.2, 0.25) is 0 Å². The molecule has 0 aliphatic carbocycles. The van der Waals surface area contributed by atoms with Crippen molar-refractivity contribution < 1.29 is 19.4 Å². The largest absolute Gasteiger partial charge is 0.351 e. The van der Waals surface area contributed by atoms with Gasteiger partial charge in [-0.25, -0.2) is 0 Å². The monoisotopic (exact) mass is 468 g/mol. The molecule has 2 aromatic carbocycles. The first kappa shape index (κ1) is 24.0. The van der Waals surface area contributed by atoms with E-state index in [9.17, 15) is 29.8 Å². The predicted molar refractivity (Wildman–Crippen MR) is 115 cm³/mol. The van der Waals surface area contributed by atoms with Crippen LogP contribution in [0.2, 0.25) is 10.0 Å². The normalized spacial score (nSPS) is 11.0. The first-order chi connectivity index (χ1) is 14.4. The van der Waals surface area contributed by atoms with Crippen LogP contribution in [-0.2, 0) is 0 Å². The number of nitrogens with zero attached hydrogens (tertiary/aromatic N) is 2. The summed E-state index contributed by atoms with van der Waals surface area (Å²) >= 11 is 11.9. The summed E-state index contributed by atoms with van der Waals surface area (Å²) in [7, 11) is 0. The smallest absolute Gasteiger partial charge is 0.270 e. The number of benzene rings is 2. The highest BCUT2D eigenvalue weighted by molar-refractivity contribution is 6.34. The van der Waals surface area contributed by atoms with Crippen LogP contribution in [0.4, 0.5) is 11.4 Å². The average Bonchev–Trinajstić information content (AvgIpc) is 2.70. The SMILES string of the molecule is CC(C)(CNC(=O)c1cc([N+](=O)[O-])ccc1Cl)CNC(=O)c1cc([N+](=O)[O-])ccc1Cl. The maximum Gasteiger partial charge on any atom is 0.270 e. The van der Waals surface area contributed by atoms with E-state index in [1.54, 1.807) is 13.8 Å². The molecule has 10 nitrogen and oxygen atoms in total. The molecule has 0 saturated carbocycles. The number of nitro groups is 2. The van der Waals surface area contributed by atoms with Crippen LogP contribution in [0.25, 0.3) is 0 Å². The number of halogens is 2. The lowest BCUT2D eigenvalue weighted by atomic mass is 9.93. The summed E-state index contributed by atoms with van der Waals surface area (Å²) in [5.74, 6) is -1.20. The van der Waals surface area contributed by atoms with E-state index in [0.29, 0.717) is 0 Å². The molecule has 0 aliphatic heterocycles. The van der Waals surface area contributed by atoms with Crippen LogP contribution in [-0.4, -0.2) is 34.8 Å². The third-order valence-electron chi connectivity index (χ3n) is 4.27. The van der Waals surface area contributed by atoms with Gasteiger partial charge in [0, 0.05) is 37.4 Å². The van der Waals surface area contributed by atoms with E-state index in [2.05, 4.69) is 10.6 Å². The summed E-state index contributed by atoms with van der Waals surface area (Å²) in [5.41, 5.74) is -1.26. The fourth-order valence-electron chi connectivity index (χ4n) is 2.49. The average molecular weight is 469 g/mol. The van der Waals surface area contributed by atoms with Gasteiger partial charge in [0.05, 0.1) is 31.0 Å². The zero-order valence-electron chi connectivity index (χ0n) is 16.5. The Hall–Kier alpha value is -3.24. The van der Waals surface area contributed by atoms with Gasteiger partial charge in [-0.05, 0) is 17.5 Å². The topological polar surface area (TPSA) is 144 Å². The van der Waals surface area contributed by atoms with Gasteiger partial charge >= 0.3 is 0 Å². The van der Waals surface area contributed by atoms with E-state index in [1.807, 2.05) is 0 Å². The molecule has 164 valence electrons. The minimum absolute atomic E-state index is 0.0425. The Morgan fingerprint density at radius 1 is 0.839 bits per heavy atom. The van der Waals surface area contributed by atoms with Crippen molar-refractivity contribution in [1.82, 2.24) is 10.6 Å². The first-order valence-corrected chi connectivity index (χ1v) is 9.61. The molecule has 0 spiro atoms. The van der Waals surface area contributed by atoms with Crippen LogP contribution in [0.15, 0.2) is 36.4 Å². The molecular formula is C19H18Cl2N4O6. The van der Waals surface area contributed by atoms with Gasteiger partial charge in [-0.3, -0.25) is 29.8 Å². The summed E-state index contributed by atoms with van der Waals surface area (Å²) in [5, 5.41) is 27.2. The van der Waals surface area contributed by atoms with Crippen LogP contribution in [0, 0.1) is 25.6 Å². The third-order valence-corrected chi connectivity index (χ3v) is 4.92. The maximum atomic E-state index is 12.4. The molecule has 12 heteroatoms. The molecule has 0 aliphatic rings. The summed E-state index contributed by atoms with van der Waals surface area (Å²) in [6, 6.07) is 7.08. The lowest BCUT2D eigenvalue weighted by Crippen LogP contribution is -2.42. The van der Waals surface area contributed by atoms with Crippen LogP contribution in [0.1, 0.15) is 34.6 Å². The van der Waals surface area contributed by atoms with Crippen LogP contribution in [0.5, 0.6) is 0 Å². The van der Waals surface area contributed by atoms with E-state index in [4.69, 9.17) is 23.2 Å². The number of hydrogen-bond acceptors (Lipinski definition) is 6. The van der Waals surface area contributed by atoms with Crippen molar-refractivity contribution in [2.24, 2.45) is 5.41 Å². The number of carbonyl (C=O) groups is 2. The van der Waals surface area contributed by atoms with Gasteiger partial charge in [-0.15, -0.1) is 0 Å². The molecule has 0 unspecified atom stereocenters. The molecule has 0 atom stereocenters. The highest BCUT2D eigenvalue weighted by atomic mass is 35.5. The third kappa shape index (κ3) is 6.37. The minimum Gasteiger partial charge on any atom is -0.351 e. The Kier molecular flexibility index (Phi) is 7.53. The summed E-state index contributed by atoms with van der Waals surface area (Å²) in [4.78, 5) is 45.3. The van der Waals surface area contributed by atoms with E-state index in [1.165, 1.54) is 24.3 Å². The molecular weight excluding hydrogens is 451 g/mol. The molecule has 2 aromatic rings. The quantitative estimate of drug-likeness (QED) is 0.442. The van der Waals surface area contributed by atoms with Crippen molar-refractivity contribution in [3.05, 3.63) is 77.8 Å². The van der Waals surface area contributed by atoms with Gasteiger partial charge in [-0.1, -0.05) is 37.0 Å². The van der Waals surface area contributed by atoms with E-state index in [0.717, 1.165) is 12.1 Å². The molecule has 0 saturated heterocycles. The highest BCUT2D eigenvalue weighted by Crippen LogP contribution is 2.24. The van der Waals surface area contributed by atoms with Gasteiger partial charge < -0.3 is 10.6 Å². The van der Waals surface area contributed by atoms with Gasteiger partial charge in [0.25, 0.3) is 23.2 Å². The van der Waals surface area contributed by atoms with E-state index < -0.39 is 27.1 Å². The van der Waals surface area contributed by atoms with Gasteiger partial charge in [0.15, 0.2) is 0 Å².